The molecule has 1 N–H and O–H groups in total. The second-order valence-corrected chi connectivity index (χ2v) is 9.35. The Bertz CT molecular complexity index is 1240. The topological polar surface area (TPSA) is 89.5 Å². The maximum absolute atomic E-state index is 13.3. The molecule has 0 radical (unpaired) electrons. The highest BCUT2D eigenvalue weighted by Crippen LogP contribution is 2.32. The molecule has 1 atom stereocenters. The van der Waals surface area contributed by atoms with E-state index in [0.717, 1.165) is 17.1 Å². The van der Waals surface area contributed by atoms with Crippen molar-refractivity contribution in [2.75, 3.05) is 26.1 Å². The summed E-state index contributed by atoms with van der Waals surface area (Å²) >= 11 is 1.28. The number of nitrogens with zero attached hydrogens (tertiary/aromatic N) is 2. The fourth-order valence-corrected chi connectivity index (χ4v) is 4.80. The van der Waals surface area contributed by atoms with Crippen molar-refractivity contribution in [1.82, 2.24) is 4.90 Å². The smallest absolute Gasteiger partial charge is 0.238 e. The summed E-state index contributed by atoms with van der Waals surface area (Å²) in [6.07, 6.45) is 0.0608. The number of benzene rings is 3. The van der Waals surface area contributed by atoms with Gasteiger partial charge in [0.05, 0.1) is 33.1 Å². The third-order valence-electron chi connectivity index (χ3n) is 5.66. The van der Waals surface area contributed by atoms with Crippen LogP contribution in [0.5, 0.6) is 17.2 Å². The third-order valence-corrected chi connectivity index (χ3v) is 6.85. The molecule has 9 heteroatoms. The van der Waals surface area contributed by atoms with Crippen molar-refractivity contribution in [2.24, 2.45) is 4.99 Å². The van der Waals surface area contributed by atoms with Crippen LogP contribution in [0, 0.1) is 0 Å². The number of amidine groups is 1. The average molecular weight is 520 g/mol. The second-order valence-electron chi connectivity index (χ2n) is 8.18. The summed E-state index contributed by atoms with van der Waals surface area (Å²) in [6, 6.07) is 21.9. The predicted molar refractivity (Wildman–Crippen MR) is 146 cm³/mol. The van der Waals surface area contributed by atoms with E-state index in [9.17, 15) is 9.59 Å². The first kappa shape index (κ1) is 26.1. The first-order valence-corrected chi connectivity index (χ1v) is 12.7. The van der Waals surface area contributed by atoms with Gasteiger partial charge in [-0.1, -0.05) is 23.9 Å². The first-order chi connectivity index (χ1) is 18.0. The number of hydrogen-bond donors (Lipinski definition) is 1. The number of carbonyl (C=O) groups excluding carboxylic acids is 2. The molecular weight excluding hydrogens is 490 g/mol. The number of hydrogen-bond acceptors (Lipinski definition) is 7. The molecule has 3 aromatic carbocycles. The molecule has 1 unspecified atom stereocenters. The van der Waals surface area contributed by atoms with Crippen LogP contribution < -0.4 is 19.5 Å². The van der Waals surface area contributed by atoms with Gasteiger partial charge in [0.25, 0.3) is 0 Å². The molecule has 0 saturated carbocycles. The van der Waals surface area contributed by atoms with Gasteiger partial charge < -0.3 is 19.5 Å². The summed E-state index contributed by atoms with van der Waals surface area (Å²) in [5.74, 6) is 1.74. The molecule has 1 saturated heterocycles. The molecular formula is C28H29N3O5S. The summed E-state index contributed by atoms with van der Waals surface area (Å²) in [5, 5.41) is 2.75. The highest BCUT2D eigenvalue weighted by atomic mass is 32.2. The van der Waals surface area contributed by atoms with E-state index in [0.29, 0.717) is 35.4 Å². The summed E-state index contributed by atoms with van der Waals surface area (Å²) in [5.41, 5.74) is 2.22. The van der Waals surface area contributed by atoms with Gasteiger partial charge in [-0.15, -0.1) is 0 Å². The Balaban J connectivity index is 1.55. The molecule has 0 aliphatic carbocycles. The zero-order valence-electron chi connectivity index (χ0n) is 21.0. The van der Waals surface area contributed by atoms with Gasteiger partial charge in [-0.2, -0.15) is 0 Å². The molecule has 2 amide bonds. The summed E-state index contributed by atoms with van der Waals surface area (Å²) in [7, 11) is 3.21. The van der Waals surface area contributed by atoms with Gasteiger partial charge in [0.2, 0.25) is 11.8 Å². The maximum atomic E-state index is 13.3. The van der Waals surface area contributed by atoms with Crippen LogP contribution in [0.3, 0.4) is 0 Å². The lowest BCUT2D eigenvalue weighted by atomic mass is 10.2. The number of carbonyl (C=O) groups is 2. The van der Waals surface area contributed by atoms with E-state index in [2.05, 4.69) is 5.32 Å². The fourth-order valence-electron chi connectivity index (χ4n) is 3.70. The van der Waals surface area contributed by atoms with Crippen molar-refractivity contribution in [2.45, 2.75) is 25.1 Å². The first-order valence-electron chi connectivity index (χ1n) is 11.9. The van der Waals surface area contributed by atoms with Gasteiger partial charge in [-0.3, -0.25) is 14.5 Å². The van der Waals surface area contributed by atoms with Crippen LogP contribution in [-0.2, 0) is 16.1 Å². The molecule has 1 aliphatic heterocycles. The van der Waals surface area contributed by atoms with E-state index >= 15 is 0 Å². The van der Waals surface area contributed by atoms with E-state index in [4.69, 9.17) is 19.2 Å². The van der Waals surface area contributed by atoms with Crippen molar-refractivity contribution in [1.29, 1.82) is 0 Å². The van der Waals surface area contributed by atoms with Crippen LogP contribution in [0.4, 0.5) is 11.4 Å². The molecule has 4 rings (SSSR count). The van der Waals surface area contributed by atoms with Crippen LogP contribution in [-0.4, -0.2) is 48.0 Å². The lowest BCUT2D eigenvalue weighted by molar-refractivity contribution is -0.129. The molecule has 1 aliphatic rings. The molecule has 1 fully saturated rings. The van der Waals surface area contributed by atoms with Crippen LogP contribution in [0.15, 0.2) is 77.8 Å². The van der Waals surface area contributed by atoms with Gasteiger partial charge in [-0.05, 0) is 73.2 Å². The van der Waals surface area contributed by atoms with Crippen molar-refractivity contribution in [3.05, 3.63) is 78.4 Å². The zero-order valence-corrected chi connectivity index (χ0v) is 21.8. The maximum Gasteiger partial charge on any atom is 0.238 e. The minimum Gasteiger partial charge on any atom is -0.497 e. The Morgan fingerprint density at radius 1 is 0.946 bits per heavy atom. The van der Waals surface area contributed by atoms with Crippen molar-refractivity contribution in [3.63, 3.8) is 0 Å². The fraction of sp³-hybridized carbons (Fsp3) is 0.250. The quantitative estimate of drug-likeness (QED) is 0.415. The predicted octanol–water partition coefficient (Wildman–Crippen LogP) is 5.26. The number of nitrogens with one attached hydrogen (secondary N) is 1. The lowest BCUT2D eigenvalue weighted by Crippen LogP contribution is -2.44. The Kier molecular flexibility index (Phi) is 8.68. The number of amides is 2. The molecule has 0 bridgehead atoms. The van der Waals surface area contributed by atoms with Crippen LogP contribution in [0.25, 0.3) is 0 Å². The van der Waals surface area contributed by atoms with Crippen molar-refractivity contribution in [3.8, 4) is 17.2 Å². The molecule has 0 aromatic heterocycles. The average Bonchev–Trinajstić information content (AvgIpc) is 2.92. The number of methoxy groups -OCH3 is 2. The third kappa shape index (κ3) is 6.83. The van der Waals surface area contributed by atoms with E-state index in [1.807, 2.05) is 43.3 Å². The van der Waals surface area contributed by atoms with Crippen LogP contribution >= 0.6 is 11.8 Å². The van der Waals surface area contributed by atoms with Crippen molar-refractivity contribution < 1.29 is 23.8 Å². The second kappa shape index (κ2) is 12.3. The van der Waals surface area contributed by atoms with Gasteiger partial charge >= 0.3 is 0 Å². The number of thioether (sulfide) groups is 1. The van der Waals surface area contributed by atoms with Gasteiger partial charge in [0, 0.05) is 12.1 Å². The van der Waals surface area contributed by atoms with Crippen LogP contribution in [0.1, 0.15) is 18.9 Å². The Morgan fingerprint density at radius 2 is 1.54 bits per heavy atom. The SMILES string of the molecule is CCOc1ccc(NC(=O)C2CC(=O)N(Cc3ccc(OC)cc3)C(=Nc3ccc(OC)cc3)S2)cc1. The minimum atomic E-state index is -0.622. The molecule has 8 nitrogen and oxygen atoms in total. The Hall–Kier alpha value is -3.98. The molecule has 1 heterocycles. The number of ether oxygens (including phenoxy) is 3. The Morgan fingerprint density at radius 3 is 2.14 bits per heavy atom. The largest absolute Gasteiger partial charge is 0.497 e. The van der Waals surface area contributed by atoms with Gasteiger partial charge in [-0.25, -0.2) is 4.99 Å². The molecule has 37 heavy (non-hydrogen) atoms. The van der Waals surface area contributed by atoms with Gasteiger partial charge in [0.1, 0.15) is 22.5 Å². The normalized spacial score (nSPS) is 16.4. The summed E-state index contributed by atoms with van der Waals surface area (Å²) in [6.45, 7) is 2.81. The monoisotopic (exact) mass is 519 g/mol. The van der Waals surface area contributed by atoms with Crippen LogP contribution in [0.2, 0.25) is 0 Å². The summed E-state index contributed by atoms with van der Waals surface area (Å²) in [4.78, 5) is 32.8. The highest BCUT2D eigenvalue weighted by molar-refractivity contribution is 8.15. The van der Waals surface area contributed by atoms with E-state index in [1.54, 1.807) is 55.5 Å². The van der Waals surface area contributed by atoms with Gasteiger partial charge in [0.15, 0.2) is 5.17 Å². The lowest BCUT2D eigenvalue weighted by Gasteiger charge is -2.32. The summed E-state index contributed by atoms with van der Waals surface area (Å²) < 4.78 is 15.9. The highest BCUT2D eigenvalue weighted by Gasteiger charge is 2.36. The standard InChI is InChI=1S/C28H29N3O5S/c1-4-36-24-15-9-20(10-16-24)29-27(33)25-17-26(32)31(18-19-5-11-22(34-2)12-6-19)28(37-25)30-21-7-13-23(35-3)14-8-21/h5-16,25H,4,17-18H2,1-3H3,(H,29,33). The number of aliphatic imine (C=N–C) groups is 1. The van der Waals surface area contributed by atoms with E-state index in [-0.39, 0.29) is 18.2 Å². The molecule has 0 spiro atoms. The molecule has 3 aromatic rings. The van der Waals surface area contributed by atoms with Crippen molar-refractivity contribution >= 4 is 40.1 Å². The molecule has 192 valence electrons. The number of anilines is 1. The van der Waals surface area contributed by atoms with E-state index < -0.39 is 5.25 Å². The van der Waals surface area contributed by atoms with E-state index in [1.165, 1.54) is 11.8 Å². The minimum absolute atomic E-state index is 0.0608. The number of rotatable bonds is 9. The Labute approximate surface area is 220 Å². The zero-order chi connectivity index (χ0) is 26.2.